The van der Waals surface area contributed by atoms with Crippen molar-refractivity contribution in [2.24, 2.45) is 5.92 Å². The highest BCUT2D eigenvalue weighted by Gasteiger charge is 2.21. The van der Waals surface area contributed by atoms with Crippen molar-refractivity contribution in [1.82, 2.24) is 14.5 Å². The van der Waals surface area contributed by atoms with E-state index in [0.717, 1.165) is 18.4 Å². The van der Waals surface area contributed by atoms with Gasteiger partial charge < -0.3 is 9.47 Å². The number of carbonyl (C=O) groups excluding carboxylic acids is 1. The molecule has 1 heterocycles. The summed E-state index contributed by atoms with van der Waals surface area (Å²) in [4.78, 5) is 19.6. The first kappa shape index (κ1) is 21.9. The highest BCUT2D eigenvalue weighted by Crippen LogP contribution is 2.21. The van der Waals surface area contributed by atoms with Crippen molar-refractivity contribution in [1.29, 1.82) is 0 Å². The summed E-state index contributed by atoms with van der Waals surface area (Å²) in [6.07, 6.45) is 1.68. The molecule has 2 aromatic carbocycles. The molecule has 0 saturated carbocycles. The summed E-state index contributed by atoms with van der Waals surface area (Å²) >= 11 is 0. The number of aryl methyl sites for hydroxylation is 2. The third-order valence-electron chi connectivity index (χ3n) is 5.25. The number of imidazole rings is 1. The predicted octanol–water partition coefficient (Wildman–Crippen LogP) is 5.72. The Morgan fingerprint density at radius 2 is 1.93 bits per heavy atom. The zero-order chi connectivity index (χ0) is 21.8. The van der Waals surface area contributed by atoms with Crippen LogP contribution in [0.1, 0.15) is 55.4 Å². The van der Waals surface area contributed by atoms with E-state index in [4.69, 9.17) is 0 Å². The standard InChI is InChI=1S/C24H29F2N3O/c1-5-11-29-22-14-19(25)8-9-21(22)27-23(29)15-28(12-10-16(2)3)24(30)18-7-6-17(4)20(26)13-18/h6-9,13-14,16H,5,10-12,15H2,1-4H3. The van der Waals surface area contributed by atoms with E-state index < -0.39 is 5.82 Å². The molecule has 4 nitrogen and oxygen atoms in total. The van der Waals surface area contributed by atoms with Gasteiger partial charge in [-0.15, -0.1) is 0 Å². The molecule has 0 unspecified atom stereocenters. The van der Waals surface area contributed by atoms with Crippen LogP contribution in [-0.4, -0.2) is 26.9 Å². The lowest BCUT2D eigenvalue weighted by molar-refractivity contribution is 0.0729. The normalized spacial score (nSPS) is 11.4. The molecule has 0 radical (unpaired) electrons. The summed E-state index contributed by atoms with van der Waals surface area (Å²) in [5, 5.41) is 0. The van der Waals surface area contributed by atoms with Crippen molar-refractivity contribution < 1.29 is 13.6 Å². The molecule has 1 amide bonds. The largest absolute Gasteiger partial charge is 0.331 e. The topological polar surface area (TPSA) is 38.1 Å². The number of hydrogen-bond donors (Lipinski definition) is 0. The van der Waals surface area contributed by atoms with Crippen molar-refractivity contribution >= 4 is 16.9 Å². The van der Waals surface area contributed by atoms with Crippen molar-refractivity contribution in [2.75, 3.05) is 6.54 Å². The molecule has 0 spiro atoms. The van der Waals surface area contributed by atoms with E-state index in [1.54, 1.807) is 30.0 Å². The Labute approximate surface area is 176 Å². The molecular formula is C24H29F2N3O. The maximum absolute atomic E-state index is 14.1. The summed E-state index contributed by atoms with van der Waals surface area (Å²) in [6.45, 7) is 9.43. The Morgan fingerprint density at radius 3 is 2.60 bits per heavy atom. The van der Waals surface area contributed by atoms with Crippen molar-refractivity contribution in [3.8, 4) is 0 Å². The van der Waals surface area contributed by atoms with Gasteiger partial charge in [0.2, 0.25) is 0 Å². The van der Waals surface area contributed by atoms with Crippen molar-refractivity contribution in [3.63, 3.8) is 0 Å². The average Bonchev–Trinajstić information content (AvgIpc) is 3.03. The van der Waals surface area contributed by atoms with Crippen LogP contribution in [0.5, 0.6) is 0 Å². The van der Waals surface area contributed by atoms with E-state index in [-0.39, 0.29) is 18.3 Å². The lowest BCUT2D eigenvalue weighted by atomic mass is 10.1. The minimum atomic E-state index is -0.390. The van der Waals surface area contributed by atoms with Gasteiger partial charge in [-0.3, -0.25) is 4.79 Å². The number of aromatic nitrogens is 2. The molecule has 3 aromatic rings. The Morgan fingerprint density at radius 1 is 1.17 bits per heavy atom. The lowest BCUT2D eigenvalue weighted by Crippen LogP contribution is -2.33. The van der Waals surface area contributed by atoms with Crippen LogP contribution in [0, 0.1) is 24.5 Å². The van der Waals surface area contributed by atoms with Gasteiger partial charge in [-0.25, -0.2) is 13.8 Å². The van der Waals surface area contributed by atoms with E-state index in [2.05, 4.69) is 18.8 Å². The number of fused-ring (bicyclic) bond motifs is 1. The van der Waals surface area contributed by atoms with Crippen LogP contribution in [0.15, 0.2) is 36.4 Å². The maximum atomic E-state index is 14.1. The molecule has 1 aromatic heterocycles. The fourth-order valence-electron chi connectivity index (χ4n) is 3.49. The molecule has 0 fully saturated rings. The van der Waals surface area contributed by atoms with Crippen LogP contribution in [0.25, 0.3) is 11.0 Å². The Kier molecular flexibility index (Phi) is 6.85. The first-order chi connectivity index (χ1) is 14.3. The highest BCUT2D eigenvalue weighted by molar-refractivity contribution is 5.94. The van der Waals surface area contributed by atoms with Gasteiger partial charge in [-0.2, -0.15) is 0 Å². The number of rotatable bonds is 8. The van der Waals surface area contributed by atoms with Gasteiger partial charge >= 0.3 is 0 Å². The molecule has 0 atom stereocenters. The number of amides is 1. The molecule has 160 valence electrons. The van der Waals surface area contributed by atoms with E-state index in [9.17, 15) is 13.6 Å². The third-order valence-corrected chi connectivity index (χ3v) is 5.25. The number of benzene rings is 2. The average molecular weight is 414 g/mol. The second-order valence-electron chi connectivity index (χ2n) is 8.19. The Hall–Kier alpha value is -2.76. The Bertz CT molecular complexity index is 1040. The molecule has 0 aliphatic carbocycles. The summed E-state index contributed by atoms with van der Waals surface area (Å²) in [5.41, 5.74) is 2.26. The number of hydrogen-bond acceptors (Lipinski definition) is 2. The fraction of sp³-hybridized carbons (Fsp3) is 0.417. The van der Waals surface area contributed by atoms with Gasteiger partial charge in [-0.05, 0) is 61.6 Å². The molecule has 0 saturated heterocycles. The zero-order valence-corrected chi connectivity index (χ0v) is 18.1. The number of nitrogens with zero attached hydrogens (tertiary/aromatic N) is 3. The van der Waals surface area contributed by atoms with E-state index in [0.29, 0.717) is 41.5 Å². The van der Waals surface area contributed by atoms with Gasteiger partial charge in [-0.1, -0.05) is 26.8 Å². The van der Waals surface area contributed by atoms with E-state index in [1.165, 1.54) is 18.2 Å². The SMILES string of the molecule is CCCn1c(CN(CCC(C)C)C(=O)c2ccc(C)c(F)c2)nc2ccc(F)cc21. The summed E-state index contributed by atoms with van der Waals surface area (Å²) < 4.78 is 29.9. The van der Waals surface area contributed by atoms with Crippen LogP contribution in [0.3, 0.4) is 0 Å². The molecular weight excluding hydrogens is 384 g/mol. The molecule has 0 N–H and O–H groups in total. The van der Waals surface area contributed by atoms with Gasteiger partial charge in [0.1, 0.15) is 17.5 Å². The van der Waals surface area contributed by atoms with Crippen molar-refractivity contribution in [2.45, 2.75) is 53.6 Å². The first-order valence-corrected chi connectivity index (χ1v) is 10.5. The second kappa shape index (κ2) is 9.37. The quantitative estimate of drug-likeness (QED) is 0.474. The van der Waals surface area contributed by atoms with Gasteiger partial charge in [0, 0.05) is 18.7 Å². The highest BCUT2D eigenvalue weighted by atomic mass is 19.1. The first-order valence-electron chi connectivity index (χ1n) is 10.5. The molecule has 0 aliphatic heterocycles. The van der Waals surface area contributed by atoms with E-state index in [1.807, 2.05) is 11.5 Å². The molecule has 30 heavy (non-hydrogen) atoms. The molecule has 0 aliphatic rings. The van der Waals surface area contributed by atoms with Gasteiger partial charge in [0.25, 0.3) is 5.91 Å². The van der Waals surface area contributed by atoms with Crippen LogP contribution in [0.2, 0.25) is 0 Å². The smallest absolute Gasteiger partial charge is 0.254 e. The van der Waals surface area contributed by atoms with Crippen molar-refractivity contribution in [3.05, 3.63) is 65.0 Å². The maximum Gasteiger partial charge on any atom is 0.254 e. The summed E-state index contributed by atoms with van der Waals surface area (Å²) in [7, 11) is 0. The molecule has 6 heteroatoms. The molecule has 0 bridgehead atoms. The monoisotopic (exact) mass is 413 g/mol. The van der Waals surface area contributed by atoms with Crippen LogP contribution in [-0.2, 0) is 13.1 Å². The summed E-state index contributed by atoms with van der Waals surface area (Å²) in [5.74, 6) is 0.198. The second-order valence-corrected chi connectivity index (χ2v) is 8.19. The lowest BCUT2D eigenvalue weighted by Gasteiger charge is -2.24. The van der Waals surface area contributed by atoms with Crippen LogP contribution in [0.4, 0.5) is 8.78 Å². The van der Waals surface area contributed by atoms with E-state index >= 15 is 0 Å². The predicted molar refractivity (Wildman–Crippen MR) is 115 cm³/mol. The van der Waals surface area contributed by atoms with Gasteiger partial charge in [0.15, 0.2) is 0 Å². The minimum absolute atomic E-state index is 0.226. The minimum Gasteiger partial charge on any atom is -0.331 e. The third kappa shape index (κ3) is 4.86. The van der Waals surface area contributed by atoms with Crippen LogP contribution >= 0.6 is 0 Å². The fourth-order valence-corrected chi connectivity index (χ4v) is 3.49. The zero-order valence-electron chi connectivity index (χ0n) is 18.1. The van der Waals surface area contributed by atoms with Crippen LogP contribution < -0.4 is 0 Å². The number of carbonyl (C=O) groups is 1. The number of halogens is 2. The summed E-state index contributed by atoms with van der Waals surface area (Å²) in [6, 6.07) is 9.12. The molecule has 3 rings (SSSR count). The van der Waals surface area contributed by atoms with Gasteiger partial charge in [0.05, 0.1) is 17.6 Å². The Balaban J connectivity index is 1.97.